The van der Waals surface area contributed by atoms with Crippen LogP contribution in [0.1, 0.15) is 30.5 Å². The topological polar surface area (TPSA) is 127 Å². The second-order valence-electron chi connectivity index (χ2n) is 9.42. The van der Waals surface area contributed by atoms with Crippen molar-refractivity contribution in [1.82, 2.24) is 15.1 Å². The molecule has 0 spiro atoms. The van der Waals surface area contributed by atoms with E-state index in [-0.39, 0.29) is 41.6 Å². The normalized spacial score (nSPS) is 17.8. The number of aryl methyl sites for hydroxylation is 1. The minimum Gasteiger partial charge on any atom is -0.858 e. The summed E-state index contributed by atoms with van der Waals surface area (Å²) in [6.45, 7) is -0.0316. The highest BCUT2D eigenvalue weighted by Crippen LogP contribution is 2.35. The summed E-state index contributed by atoms with van der Waals surface area (Å²) in [4.78, 5) is 33.5. The Morgan fingerprint density at radius 2 is 1.90 bits per heavy atom. The van der Waals surface area contributed by atoms with Gasteiger partial charge in [-0.05, 0) is 65.5 Å². The van der Waals surface area contributed by atoms with Crippen LogP contribution in [0.2, 0.25) is 0 Å². The summed E-state index contributed by atoms with van der Waals surface area (Å²) in [6.07, 6.45) is -3.59. The Kier molecular flexibility index (Phi) is 7.62. The molecule has 2 aromatic carbocycles. The lowest BCUT2D eigenvalue weighted by molar-refractivity contribution is -0.746. The van der Waals surface area contributed by atoms with Crippen molar-refractivity contribution in [2.75, 3.05) is 5.32 Å². The lowest BCUT2D eigenvalue weighted by atomic mass is 10.1. The summed E-state index contributed by atoms with van der Waals surface area (Å²) in [5.41, 5.74) is 0.915. The van der Waals surface area contributed by atoms with Gasteiger partial charge in [0.05, 0.1) is 6.42 Å². The van der Waals surface area contributed by atoms with Gasteiger partial charge in [-0.2, -0.15) is 0 Å². The van der Waals surface area contributed by atoms with E-state index in [2.05, 4.69) is 20.3 Å². The molecule has 1 N–H and O–H groups in total. The Bertz CT molecular complexity index is 1490. The van der Waals surface area contributed by atoms with Crippen LogP contribution < -0.4 is 19.8 Å². The predicted molar refractivity (Wildman–Crippen MR) is 138 cm³/mol. The van der Waals surface area contributed by atoms with E-state index in [1.165, 1.54) is 21.7 Å². The molecule has 2 amide bonds. The Morgan fingerprint density at radius 3 is 2.54 bits per heavy atom. The van der Waals surface area contributed by atoms with Gasteiger partial charge < -0.3 is 20.1 Å². The third-order valence-electron chi connectivity index (χ3n) is 6.44. The lowest BCUT2D eigenvalue weighted by Gasteiger charge is -2.22. The number of nitrogens with zero attached hydrogens (tertiary/aromatic N) is 5. The van der Waals surface area contributed by atoms with Gasteiger partial charge in [0.1, 0.15) is 18.3 Å². The molecule has 41 heavy (non-hydrogen) atoms. The highest BCUT2D eigenvalue weighted by Gasteiger charge is 2.50. The van der Waals surface area contributed by atoms with Crippen LogP contribution in [0.25, 0.3) is 0 Å². The fraction of sp³-hybridized carbons (Fsp3) is 0.308. The smallest absolute Gasteiger partial charge is 0.573 e. The number of amides is 2. The number of nitrogens with one attached hydrogen (secondary N) is 1. The molecule has 2 aliphatic rings. The number of hydrogen-bond acceptors (Lipinski definition) is 8. The number of carbonyl (C=O) groups is 2. The second-order valence-corrected chi connectivity index (χ2v) is 9.79. The van der Waals surface area contributed by atoms with Crippen LogP contribution in [0.4, 0.5) is 24.7 Å². The van der Waals surface area contributed by atoms with Gasteiger partial charge in [-0.3, -0.25) is 19.0 Å². The summed E-state index contributed by atoms with van der Waals surface area (Å²) in [5.74, 6) is -1.96. The molecule has 1 unspecified atom stereocenters. The van der Waals surface area contributed by atoms with Crippen LogP contribution in [-0.4, -0.2) is 56.3 Å². The maximum Gasteiger partial charge on any atom is 0.573 e. The highest BCUT2D eigenvalue weighted by molar-refractivity contribution is 7.80. The quantitative estimate of drug-likeness (QED) is 0.175. The van der Waals surface area contributed by atoms with Gasteiger partial charge in [0, 0.05) is 11.7 Å². The fourth-order valence-corrected chi connectivity index (χ4v) is 4.76. The van der Waals surface area contributed by atoms with Gasteiger partial charge >= 0.3 is 12.2 Å². The highest BCUT2D eigenvalue weighted by atomic mass is 32.1. The third kappa shape index (κ3) is 6.45. The summed E-state index contributed by atoms with van der Waals surface area (Å²) >= 11 is 5.63. The molecule has 214 valence electrons. The molecule has 2 heterocycles. The van der Waals surface area contributed by atoms with Crippen molar-refractivity contribution in [3.05, 3.63) is 65.9 Å². The number of thiocarbonyl (C=S) groups is 1. The lowest BCUT2D eigenvalue weighted by Crippen LogP contribution is -2.42. The first-order valence-electron chi connectivity index (χ1n) is 12.5. The number of aromatic nitrogens is 2. The van der Waals surface area contributed by atoms with E-state index >= 15 is 0 Å². The molecule has 2 fully saturated rings. The van der Waals surface area contributed by atoms with Crippen LogP contribution in [0.15, 0.2) is 64.1 Å². The van der Waals surface area contributed by atoms with Gasteiger partial charge in [-0.1, -0.05) is 30.3 Å². The Hall–Kier alpha value is -4.53. The monoisotopic (exact) mass is 588 g/mol. The molecular formula is C26H23F3N6O5S. The number of hydrogen-bond donors (Lipinski definition) is 1. The van der Waals surface area contributed by atoms with Crippen molar-refractivity contribution in [1.29, 1.82) is 0 Å². The minimum absolute atomic E-state index is 0.0316. The van der Waals surface area contributed by atoms with Crippen molar-refractivity contribution in [3.8, 4) is 5.75 Å². The fourth-order valence-electron chi connectivity index (χ4n) is 4.33. The molecule has 15 heteroatoms. The maximum absolute atomic E-state index is 13.4. The minimum atomic E-state index is -4.84. The number of carbonyl (C=O) groups excluding carboxylic acids is 2. The Morgan fingerprint density at radius 1 is 1.22 bits per heavy atom. The van der Waals surface area contributed by atoms with E-state index in [0.29, 0.717) is 11.3 Å². The molecule has 1 aliphatic carbocycles. The van der Waals surface area contributed by atoms with Crippen LogP contribution in [0, 0.1) is 0 Å². The first-order chi connectivity index (χ1) is 19.5. The molecule has 3 aromatic rings. The number of anilines is 1. The van der Waals surface area contributed by atoms with Crippen LogP contribution in [0.3, 0.4) is 0 Å². The van der Waals surface area contributed by atoms with Crippen LogP contribution >= 0.6 is 12.2 Å². The summed E-state index contributed by atoms with van der Waals surface area (Å²) < 4.78 is 47.8. The summed E-state index contributed by atoms with van der Waals surface area (Å²) in [7, 11) is 1.58. The van der Waals surface area contributed by atoms with Crippen molar-refractivity contribution >= 4 is 46.6 Å². The SMILES string of the molecule is C[n+]1noc(/N=C(\[O-])c2ccccc2)c1CN1C(=S)N(C2CC2)C(=O)C1CC(=O)Nc1ccc(OC(F)(F)F)cc1. The first kappa shape index (κ1) is 28.0. The average Bonchev–Trinajstić information content (AvgIpc) is 3.66. The molecule has 11 nitrogen and oxygen atoms in total. The molecule has 5 rings (SSSR count). The van der Waals surface area contributed by atoms with E-state index in [4.69, 9.17) is 16.7 Å². The van der Waals surface area contributed by atoms with Crippen molar-refractivity contribution < 1.29 is 41.8 Å². The largest absolute Gasteiger partial charge is 0.858 e. The molecule has 0 bridgehead atoms. The summed E-state index contributed by atoms with van der Waals surface area (Å²) in [5, 5.41) is 19.3. The molecule has 1 atom stereocenters. The molecule has 1 aromatic heterocycles. The summed E-state index contributed by atoms with van der Waals surface area (Å²) in [6, 6.07) is 12.0. The van der Waals surface area contributed by atoms with Gasteiger partial charge in [0.25, 0.3) is 11.6 Å². The third-order valence-corrected chi connectivity index (χ3v) is 6.88. The van der Waals surface area contributed by atoms with Crippen molar-refractivity contribution in [2.45, 2.75) is 44.3 Å². The first-order valence-corrected chi connectivity index (χ1v) is 12.9. The van der Waals surface area contributed by atoms with Gasteiger partial charge in [0.15, 0.2) is 12.2 Å². The van der Waals surface area contributed by atoms with Crippen LogP contribution in [0.5, 0.6) is 5.75 Å². The predicted octanol–water partition coefficient (Wildman–Crippen LogP) is 2.33. The zero-order valence-electron chi connectivity index (χ0n) is 21.5. The second kappa shape index (κ2) is 11.2. The Balaban J connectivity index is 1.34. The van der Waals surface area contributed by atoms with E-state index in [1.54, 1.807) is 42.3 Å². The van der Waals surface area contributed by atoms with Gasteiger partial charge in [-0.15, -0.1) is 13.2 Å². The van der Waals surface area contributed by atoms with Gasteiger partial charge in [-0.25, -0.2) is 4.99 Å². The zero-order chi connectivity index (χ0) is 29.3. The number of ether oxygens (including phenoxy) is 1. The van der Waals surface area contributed by atoms with E-state index in [0.717, 1.165) is 25.0 Å². The maximum atomic E-state index is 13.4. The molecule has 1 saturated carbocycles. The Labute approximate surface area is 236 Å². The van der Waals surface area contributed by atoms with Crippen LogP contribution in [-0.2, 0) is 23.2 Å². The molecule has 1 aliphatic heterocycles. The number of alkyl halides is 3. The van der Waals surface area contributed by atoms with E-state index < -0.39 is 30.0 Å². The van der Waals surface area contributed by atoms with Crippen molar-refractivity contribution in [3.63, 3.8) is 0 Å². The standard InChI is InChI=1S/C26H23F3N6O5S/c1-33-20(23(40-32-33)31-22(37)15-5-3-2-4-6-15)14-34-19(24(38)35(25(34)41)17-9-10-17)13-21(36)30-16-7-11-18(12-8-16)39-26(27,28)29/h2-8,11-12,17,19H,9-10,13-14H2,1H3,(H-,30,31,32,36,37). The van der Waals surface area contributed by atoms with Crippen molar-refractivity contribution in [2.24, 2.45) is 12.0 Å². The van der Waals surface area contributed by atoms with E-state index in [1.807, 2.05) is 0 Å². The number of aliphatic imine (C=N–C) groups is 1. The zero-order valence-corrected chi connectivity index (χ0v) is 22.3. The number of benzene rings is 2. The molecular weight excluding hydrogens is 565 g/mol. The number of rotatable bonds is 9. The molecule has 0 radical (unpaired) electrons. The number of halogens is 3. The average molecular weight is 589 g/mol. The molecule has 1 saturated heterocycles. The van der Waals surface area contributed by atoms with Gasteiger partial charge in [0.2, 0.25) is 11.2 Å². The van der Waals surface area contributed by atoms with E-state index in [9.17, 15) is 27.9 Å².